The van der Waals surface area contributed by atoms with Crippen molar-refractivity contribution >= 4 is 22.8 Å². The van der Waals surface area contributed by atoms with Crippen LogP contribution < -0.4 is 0 Å². The van der Waals surface area contributed by atoms with Gasteiger partial charge in [0.1, 0.15) is 0 Å². The second kappa shape index (κ2) is 5.68. The van der Waals surface area contributed by atoms with Crippen LogP contribution in [0.4, 0.5) is 0 Å². The molecule has 0 spiro atoms. The minimum atomic E-state index is -0.241. The minimum absolute atomic E-state index is 0.107. The predicted molar refractivity (Wildman–Crippen MR) is 98.1 cm³/mol. The number of carbonyl (C=O) groups is 2. The van der Waals surface area contributed by atoms with Gasteiger partial charge in [0.2, 0.25) is 5.91 Å². The zero-order chi connectivity index (χ0) is 17.9. The molecular weight excluding hydrogens is 328 g/mol. The molecular formula is C21H24N2O3. The van der Waals surface area contributed by atoms with E-state index in [9.17, 15) is 9.59 Å². The van der Waals surface area contributed by atoms with Crippen molar-refractivity contribution < 1.29 is 14.3 Å². The van der Waals surface area contributed by atoms with E-state index in [2.05, 4.69) is 23.1 Å². The molecule has 4 heterocycles. The van der Waals surface area contributed by atoms with Gasteiger partial charge < -0.3 is 4.74 Å². The second-order valence-electron chi connectivity index (χ2n) is 8.03. The fraction of sp³-hybridized carbons (Fsp3) is 0.524. The Morgan fingerprint density at radius 1 is 1.31 bits per heavy atom. The molecule has 0 radical (unpaired) electrons. The standard InChI is InChI=1S/C21H24N2O3/c1-14(24)26-12-9-21-8-4-10-22-11-7-16-15-5-2-3-6-17(15)23(18(25)13-21)19(16)20(21)22/h2-3,5-6,20H,4,7-13H2,1H3/t20-,21+/m1/s1. The molecule has 26 heavy (non-hydrogen) atoms. The molecule has 1 fully saturated rings. The van der Waals surface area contributed by atoms with Crippen LogP contribution in [0.5, 0.6) is 0 Å². The number of piperidine rings is 1. The van der Waals surface area contributed by atoms with Gasteiger partial charge in [-0.3, -0.25) is 19.1 Å². The van der Waals surface area contributed by atoms with Gasteiger partial charge in [0.15, 0.2) is 0 Å². The average molecular weight is 352 g/mol. The molecule has 1 aromatic carbocycles. The molecule has 0 N–H and O–H groups in total. The number of nitrogens with zero attached hydrogens (tertiary/aromatic N) is 2. The van der Waals surface area contributed by atoms with Crippen molar-refractivity contribution in [3.8, 4) is 0 Å². The molecule has 5 nitrogen and oxygen atoms in total. The van der Waals surface area contributed by atoms with Crippen molar-refractivity contribution in [1.82, 2.24) is 9.47 Å². The molecule has 5 rings (SSSR count). The first-order chi connectivity index (χ1) is 12.6. The van der Waals surface area contributed by atoms with Gasteiger partial charge in [-0.2, -0.15) is 0 Å². The summed E-state index contributed by atoms with van der Waals surface area (Å²) >= 11 is 0. The van der Waals surface area contributed by atoms with Crippen LogP contribution >= 0.6 is 0 Å². The molecule has 0 saturated carbocycles. The van der Waals surface area contributed by atoms with Crippen molar-refractivity contribution in [3.63, 3.8) is 0 Å². The lowest BCUT2D eigenvalue weighted by molar-refractivity contribution is -0.142. The Labute approximate surface area is 152 Å². The van der Waals surface area contributed by atoms with Gasteiger partial charge in [-0.1, -0.05) is 18.2 Å². The third kappa shape index (κ3) is 2.13. The van der Waals surface area contributed by atoms with Crippen LogP contribution in [0.3, 0.4) is 0 Å². The fourth-order valence-corrected chi connectivity index (χ4v) is 5.71. The van der Waals surface area contributed by atoms with E-state index in [0.29, 0.717) is 13.0 Å². The summed E-state index contributed by atoms with van der Waals surface area (Å²) in [6, 6.07) is 8.58. The fourth-order valence-electron chi connectivity index (χ4n) is 5.71. The molecule has 0 aliphatic carbocycles. The third-order valence-electron chi connectivity index (χ3n) is 6.65. The molecule has 136 valence electrons. The molecule has 1 aromatic heterocycles. The van der Waals surface area contributed by atoms with Crippen LogP contribution in [0.1, 0.15) is 54.7 Å². The van der Waals surface area contributed by atoms with Crippen molar-refractivity contribution in [2.45, 2.75) is 45.1 Å². The normalized spacial score (nSPS) is 27.4. The summed E-state index contributed by atoms with van der Waals surface area (Å²) < 4.78 is 7.28. The monoisotopic (exact) mass is 352 g/mol. The number of ether oxygens (including phenoxy) is 1. The number of hydrogen-bond acceptors (Lipinski definition) is 4. The van der Waals surface area contributed by atoms with Crippen molar-refractivity contribution in [2.24, 2.45) is 5.41 Å². The summed E-state index contributed by atoms with van der Waals surface area (Å²) in [7, 11) is 0. The summed E-state index contributed by atoms with van der Waals surface area (Å²) in [5, 5.41) is 1.23. The first-order valence-electron chi connectivity index (χ1n) is 9.63. The summed E-state index contributed by atoms with van der Waals surface area (Å²) in [5.74, 6) is -0.0417. The van der Waals surface area contributed by atoms with E-state index in [0.717, 1.165) is 44.3 Å². The maximum Gasteiger partial charge on any atom is 0.302 e. The van der Waals surface area contributed by atoms with Crippen LogP contribution in [-0.2, 0) is 16.0 Å². The second-order valence-corrected chi connectivity index (χ2v) is 8.03. The van der Waals surface area contributed by atoms with E-state index in [4.69, 9.17) is 4.74 Å². The Bertz CT molecular complexity index is 915. The summed E-state index contributed by atoms with van der Waals surface area (Å²) in [6.45, 7) is 4.00. The van der Waals surface area contributed by atoms with E-state index < -0.39 is 0 Å². The van der Waals surface area contributed by atoms with Crippen LogP contribution in [0.15, 0.2) is 24.3 Å². The Morgan fingerprint density at radius 3 is 3.00 bits per heavy atom. The van der Waals surface area contributed by atoms with E-state index in [1.807, 2.05) is 10.6 Å². The van der Waals surface area contributed by atoms with Gasteiger partial charge in [0.05, 0.1) is 18.2 Å². The number of benzene rings is 1. The zero-order valence-electron chi connectivity index (χ0n) is 15.2. The molecule has 0 bridgehead atoms. The van der Waals surface area contributed by atoms with Crippen molar-refractivity contribution in [3.05, 3.63) is 35.5 Å². The van der Waals surface area contributed by atoms with E-state index in [1.165, 1.54) is 23.6 Å². The smallest absolute Gasteiger partial charge is 0.302 e. The van der Waals surface area contributed by atoms with Gasteiger partial charge in [0.25, 0.3) is 0 Å². The number of rotatable bonds is 3. The number of fused-ring (bicyclic) bond motifs is 3. The molecule has 0 amide bonds. The highest BCUT2D eigenvalue weighted by Crippen LogP contribution is 2.56. The van der Waals surface area contributed by atoms with Gasteiger partial charge in [0, 0.05) is 36.4 Å². The summed E-state index contributed by atoms with van der Waals surface area (Å²) in [4.78, 5) is 27.1. The Hall–Kier alpha value is -2.14. The van der Waals surface area contributed by atoms with Crippen LogP contribution in [0.2, 0.25) is 0 Å². The number of hydrogen-bond donors (Lipinski definition) is 0. The number of aromatic nitrogens is 1. The van der Waals surface area contributed by atoms with E-state index >= 15 is 0 Å². The summed E-state index contributed by atoms with van der Waals surface area (Å²) in [5.41, 5.74) is 3.53. The summed E-state index contributed by atoms with van der Waals surface area (Å²) in [6.07, 6.45) is 4.45. The minimum Gasteiger partial charge on any atom is -0.466 e. The van der Waals surface area contributed by atoms with Gasteiger partial charge in [-0.05, 0) is 43.9 Å². The molecule has 0 unspecified atom stereocenters. The van der Waals surface area contributed by atoms with Gasteiger partial charge in [-0.25, -0.2) is 0 Å². The highest BCUT2D eigenvalue weighted by molar-refractivity contribution is 5.97. The first kappa shape index (κ1) is 16.1. The quantitative estimate of drug-likeness (QED) is 0.795. The highest BCUT2D eigenvalue weighted by Gasteiger charge is 2.53. The van der Waals surface area contributed by atoms with Crippen molar-refractivity contribution in [1.29, 1.82) is 0 Å². The van der Waals surface area contributed by atoms with Gasteiger partial charge >= 0.3 is 5.97 Å². The maximum atomic E-state index is 13.2. The molecule has 3 aliphatic rings. The van der Waals surface area contributed by atoms with Crippen LogP contribution in [-0.4, -0.2) is 41.0 Å². The van der Waals surface area contributed by atoms with Crippen LogP contribution in [0, 0.1) is 5.41 Å². The molecule has 3 aliphatic heterocycles. The van der Waals surface area contributed by atoms with E-state index in [-0.39, 0.29) is 23.3 Å². The Morgan fingerprint density at radius 2 is 2.15 bits per heavy atom. The Kier molecular flexibility index (Phi) is 3.51. The maximum absolute atomic E-state index is 13.2. The van der Waals surface area contributed by atoms with Gasteiger partial charge in [-0.15, -0.1) is 0 Å². The average Bonchev–Trinajstić information content (AvgIpc) is 2.96. The largest absolute Gasteiger partial charge is 0.466 e. The third-order valence-corrected chi connectivity index (χ3v) is 6.65. The molecule has 5 heteroatoms. The van der Waals surface area contributed by atoms with E-state index in [1.54, 1.807) is 0 Å². The molecule has 2 atom stereocenters. The SMILES string of the molecule is CC(=O)OCC[C@@]12CCCN3CCc4c(n(c5ccccc45)C(=O)C1)[C@@H]32. The number of carbonyl (C=O) groups excluding carboxylic acids is 2. The highest BCUT2D eigenvalue weighted by atomic mass is 16.5. The lowest BCUT2D eigenvalue weighted by Gasteiger charge is -2.54. The zero-order valence-corrected chi connectivity index (χ0v) is 15.2. The molecule has 2 aromatic rings. The topological polar surface area (TPSA) is 51.5 Å². The van der Waals surface area contributed by atoms with Crippen molar-refractivity contribution in [2.75, 3.05) is 19.7 Å². The Balaban J connectivity index is 1.67. The lowest BCUT2D eigenvalue weighted by atomic mass is 9.64. The molecule has 1 saturated heterocycles. The van der Waals surface area contributed by atoms with Crippen LogP contribution in [0.25, 0.3) is 10.9 Å². The predicted octanol–water partition coefficient (Wildman–Crippen LogP) is 3.32. The lowest BCUT2D eigenvalue weighted by Crippen LogP contribution is -2.54. The first-order valence-corrected chi connectivity index (χ1v) is 9.63. The number of esters is 1. The number of para-hydroxylation sites is 1.